The number of fused-ring (bicyclic) bond motifs is 1. The molecule has 0 amide bonds. The summed E-state index contributed by atoms with van der Waals surface area (Å²) in [6.45, 7) is 6.85. The average molecular weight is 244 g/mol. The summed E-state index contributed by atoms with van der Waals surface area (Å²) in [5.41, 5.74) is 0.754. The normalized spacial score (nSPS) is 11.8. The van der Waals surface area contributed by atoms with Gasteiger partial charge in [0.1, 0.15) is 5.60 Å². The van der Waals surface area contributed by atoms with E-state index in [1.807, 2.05) is 46.0 Å². The summed E-state index contributed by atoms with van der Waals surface area (Å²) in [4.78, 5) is 4.59. The molecule has 0 aliphatic heterocycles. The third-order valence-electron chi connectivity index (χ3n) is 2.52. The first-order valence-corrected chi connectivity index (χ1v) is 6.22. The van der Waals surface area contributed by atoms with Crippen molar-refractivity contribution in [3.8, 4) is 5.88 Å². The van der Waals surface area contributed by atoms with Crippen LogP contribution in [0.4, 0.5) is 0 Å². The van der Waals surface area contributed by atoms with Gasteiger partial charge in [-0.15, -0.1) is 0 Å². The van der Waals surface area contributed by atoms with Crippen molar-refractivity contribution >= 4 is 10.8 Å². The molecule has 0 radical (unpaired) electrons. The molecule has 18 heavy (non-hydrogen) atoms. The molecule has 1 heterocycles. The maximum atomic E-state index is 5.96. The lowest BCUT2D eigenvalue weighted by atomic mass is 10.1. The highest BCUT2D eigenvalue weighted by atomic mass is 16.5. The molecular formula is C15H20N2O. The van der Waals surface area contributed by atoms with Crippen LogP contribution < -0.4 is 10.1 Å². The van der Waals surface area contributed by atoms with Crippen molar-refractivity contribution in [1.82, 2.24) is 10.3 Å². The molecule has 2 aromatic rings. The van der Waals surface area contributed by atoms with E-state index in [0.29, 0.717) is 5.88 Å². The van der Waals surface area contributed by atoms with Crippen molar-refractivity contribution < 1.29 is 4.74 Å². The second-order valence-electron chi connectivity index (χ2n) is 5.38. The van der Waals surface area contributed by atoms with E-state index in [-0.39, 0.29) is 5.60 Å². The minimum Gasteiger partial charge on any atom is -0.471 e. The second kappa shape index (κ2) is 4.94. The quantitative estimate of drug-likeness (QED) is 0.900. The van der Waals surface area contributed by atoms with Crippen molar-refractivity contribution in [2.24, 2.45) is 0 Å². The Morgan fingerprint density at radius 3 is 2.61 bits per heavy atom. The zero-order chi connectivity index (χ0) is 13.2. The molecule has 0 saturated carbocycles. The molecule has 3 nitrogen and oxygen atoms in total. The zero-order valence-electron chi connectivity index (χ0n) is 11.4. The summed E-state index contributed by atoms with van der Waals surface area (Å²) < 4.78 is 5.96. The minimum absolute atomic E-state index is 0.242. The van der Waals surface area contributed by atoms with Gasteiger partial charge in [0.2, 0.25) is 5.88 Å². The highest BCUT2D eigenvalue weighted by Gasteiger charge is 2.15. The van der Waals surface area contributed by atoms with E-state index in [4.69, 9.17) is 4.74 Å². The molecule has 3 heteroatoms. The van der Waals surface area contributed by atoms with Gasteiger partial charge < -0.3 is 10.1 Å². The lowest BCUT2D eigenvalue weighted by Crippen LogP contribution is -2.24. The highest BCUT2D eigenvalue weighted by Crippen LogP contribution is 2.27. The SMILES string of the molecule is CNCc1cc2ccccc2c(OC(C)(C)C)n1. The molecule has 1 aromatic carbocycles. The lowest BCUT2D eigenvalue weighted by molar-refractivity contribution is 0.126. The number of pyridine rings is 1. The van der Waals surface area contributed by atoms with Crippen LogP contribution in [0, 0.1) is 0 Å². The molecule has 2 rings (SSSR count). The summed E-state index contributed by atoms with van der Waals surface area (Å²) in [6.07, 6.45) is 0. The molecule has 1 aromatic heterocycles. The third kappa shape index (κ3) is 2.99. The van der Waals surface area contributed by atoms with E-state index in [1.54, 1.807) is 0 Å². The van der Waals surface area contributed by atoms with Gasteiger partial charge in [0, 0.05) is 11.9 Å². The molecule has 0 aliphatic rings. The van der Waals surface area contributed by atoms with E-state index in [1.165, 1.54) is 0 Å². The Kier molecular flexibility index (Phi) is 3.53. The first-order chi connectivity index (χ1) is 8.49. The maximum absolute atomic E-state index is 5.96. The van der Waals surface area contributed by atoms with E-state index < -0.39 is 0 Å². The molecule has 0 saturated heterocycles. The Bertz CT molecular complexity index is 544. The van der Waals surface area contributed by atoms with Gasteiger partial charge in [-0.2, -0.15) is 0 Å². The number of nitrogens with one attached hydrogen (secondary N) is 1. The fourth-order valence-corrected chi connectivity index (χ4v) is 1.86. The Labute approximate surface area is 108 Å². The van der Waals surface area contributed by atoms with Crippen molar-refractivity contribution in [2.45, 2.75) is 32.9 Å². The largest absolute Gasteiger partial charge is 0.471 e. The second-order valence-corrected chi connectivity index (χ2v) is 5.38. The predicted molar refractivity (Wildman–Crippen MR) is 74.9 cm³/mol. The summed E-state index contributed by atoms with van der Waals surface area (Å²) >= 11 is 0. The van der Waals surface area contributed by atoms with E-state index in [2.05, 4.69) is 22.4 Å². The van der Waals surface area contributed by atoms with Gasteiger partial charge in [0.25, 0.3) is 0 Å². The smallest absolute Gasteiger partial charge is 0.222 e. The van der Waals surface area contributed by atoms with Gasteiger partial charge in [-0.1, -0.05) is 18.2 Å². The van der Waals surface area contributed by atoms with E-state index in [0.717, 1.165) is 23.0 Å². The average Bonchev–Trinajstić information content (AvgIpc) is 2.27. The molecule has 0 aliphatic carbocycles. The molecule has 0 atom stereocenters. The van der Waals surface area contributed by atoms with Crippen LogP contribution in [0.25, 0.3) is 10.8 Å². The minimum atomic E-state index is -0.242. The first-order valence-electron chi connectivity index (χ1n) is 6.22. The van der Waals surface area contributed by atoms with Crippen molar-refractivity contribution in [1.29, 1.82) is 0 Å². The van der Waals surface area contributed by atoms with Gasteiger partial charge in [0.05, 0.1) is 5.69 Å². The van der Waals surface area contributed by atoms with Crippen LogP contribution in [-0.2, 0) is 6.54 Å². The van der Waals surface area contributed by atoms with Crippen LogP contribution in [0.2, 0.25) is 0 Å². The number of aromatic nitrogens is 1. The standard InChI is InChI=1S/C15H20N2O/c1-15(2,3)18-14-13-8-6-5-7-11(13)9-12(17-14)10-16-4/h5-9,16H,10H2,1-4H3. The number of benzene rings is 1. The molecule has 0 fully saturated rings. The number of nitrogens with zero attached hydrogens (tertiary/aromatic N) is 1. The fourth-order valence-electron chi connectivity index (χ4n) is 1.86. The number of hydrogen-bond donors (Lipinski definition) is 1. The van der Waals surface area contributed by atoms with Crippen LogP contribution >= 0.6 is 0 Å². The zero-order valence-corrected chi connectivity index (χ0v) is 11.4. The van der Waals surface area contributed by atoms with Crippen LogP contribution in [0.5, 0.6) is 5.88 Å². The Hall–Kier alpha value is -1.61. The van der Waals surface area contributed by atoms with Gasteiger partial charge in [-0.05, 0) is 45.3 Å². The molecule has 0 unspecified atom stereocenters. The molecule has 0 bridgehead atoms. The summed E-state index contributed by atoms with van der Waals surface area (Å²) in [5.74, 6) is 0.714. The van der Waals surface area contributed by atoms with E-state index in [9.17, 15) is 0 Å². The topological polar surface area (TPSA) is 34.1 Å². The van der Waals surface area contributed by atoms with Gasteiger partial charge in [-0.3, -0.25) is 0 Å². The van der Waals surface area contributed by atoms with Crippen LogP contribution in [0.3, 0.4) is 0 Å². The summed E-state index contributed by atoms with van der Waals surface area (Å²) in [7, 11) is 1.92. The maximum Gasteiger partial charge on any atom is 0.222 e. The number of hydrogen-bond acceptors (Lipinski definition) is 3. The number of rotatable bonds is 3. The highest BCUT2D eigenvalue weighted by molar-refractivity contribution is 5.87. The van der Waals surface area contributed by atoms with Gasteiger partial charge >= 0.3 is 0 Å². The Morgan fingerprint density at radius 1 is 1.22 bits per heavy atom. The lowest BCUT2D eigenvalue weighted by Gasteiger charge is -2.22. The van der Waals surface area contributed by atoms with Crippen molar-refractivity contribution in [3.63, 3.8) is 0 Å². The Morgan fingerprint density at radius 2 is 1.94 bits per heavy atom. The fraction of sp³-hybridized carbons (Fsp3) is 0.400. The molecule has 96 valence electrons. The Balaban J connectivity index is 2.53. The molecular weight excluding hydrogens is 224 g/mol. The molecule has 0 spiro atoms. The molecule has 1 N–H and O–H groups in total. The summed E-state index contributed by atoms with van der Waals surface area (Å²) in [5, 5.41) is 5.35. The van der Waals surface area contributed by atoms with Crippen molar-refractivity contribution in [2.75, 3.05) is 7.05 Å². The summed E-state index contributed by atoms with van der Waals surface area (Å²) in [6, 6.07) is 10.3. The monoisotopic (exact) mass is 244 g/mol. The van der Waals surface area contributed by atoms with Gasteiger partial charge in [-0.25, -0.2) is 4.98 Å². The van der Waals surface area contributed by atoms with Gasteiger partial charge in [0.15, 0.2) is 0 Å². The van der Waals surface area contributed by atoms with Crippen LogP contribution in [-0.4, -0.2) is 17.6 Å². The predicted octanol–water partition coefficient (Wildman–Crippen LogP) is 3.13. The van der Waals surface area contributed by atoms with Crippen LogP contribution in [0.15, 0.2) is 30.3 Å². The number of ether oxygens (including phenoxy) is 1. The third-order valence-corrected chi connectivity index (χ3v) is 2.52. The van der Waals surface area contributed by atoms with E-state index >= 15 is 0 Å². The van der Waals surface area contributed by atoms with Crippen LogP contribution in [0.1, 0.15) is 26.5 Å². The van der Waals surface area contributed by atoms with Crippen molar-refractivity contribution in [3.05, 3.63) is 36.0 Å². The first kappa shape index (κ1) is 12.8.